The molecule has 0 aromatic heterocycles. The lowest BCUT2D eigenvalue weighted by molar-refractivity contribution is 0.459. The molecule has 0 aliphatic heterocycles. The van der Waals surface area contributed by atoms with Gasteiger partial charge in [0, 0.05) is 11.6 Å². The van der Waals surface area contributed by atoms with Crippen LogP contribution >= 0.6 is 0 Å². The molecular formula is C23H18F3NO. The molecule has 0 bridgehead atoms. The summed E-state index contributed by atoms with van der Waals surface area (Å²) in [6, 6.07) is 13.8. The van der Waals surface area contributed by atoms with Gasteiger partial charge in [-0.1, -0.05) is 37.3 Å². The molecule has 3 aromatic carbocycles. The fraction of sp³-hybridized carbons (Fsp3) is 0.174. The smallest absolute Gasteiger partial charge is 0.141 e. The highest BCUT2D eigenvalue weighted by Gasteiger charge is 2.20. The van der Waals surface area contributed by atoms with Gasteiger partial charge in [-0.2, -0.15) is 5.26 Å². The van der Waals surface area contributed by atoms with E-state index in [4.69, 9.17) is 5.26 Å². The Bertz CT molecular complexity index is 1050. The summed E-state index contributed by atoms with van der Waals surface area (Å²) in [7, 11) is 0. The van der Waals surface area contributed by atoms with Crippen LogP contribution in [0.3, 0.4) is 0 Å². The van der Waals surface area contributed by atoms with E-state index in [-0.39, 0.29) is 29.5 Å². The number of nitriles is 1. The van der Waals surface area contributed by atoms with Gasteiger partial charge in [0.2, 0.25) is 0 Å². The standard InChI is InChI=1S/C23H18F3NO/c1-2-14-3-7-16(8-4-14)22-21(28)12-20(25)18(23(22)26)10-6-15-5-9-17(13-27)19(24)11-15/h3-5,7-9,11-12,28H,2,6,10H2,1H3. The van der Waals surface area contributed by atoms with Crippen LogP contribution in [0.25, 0.3) is 11.1 Å². The number of phenolic OH excluding ortho intramolecular Hbond substituents is 1. The van der Waals surface area contributed by atoms with E-state index >= 15 is 4.39 Å². The maximum atomic E-state index is 15.0. The van der Waals surface area contributed by atoms with Crippen LogP contribution < -0.4 is 0 Å². The van der Waals surface area contributed by atoms with E-state index in [0.29, 0.717) is 11.1 Å². The van der Waals surface area contributed by atoms with Crippen LogP contribution in [-0.2, 0) is 19.3 Å². The van der Waals surface area contributed by atoms with Gasteiger partial charge in [-0.05, 0) is 48.1 Å². The van der Waals surface area contributed by atoms with Crippen molar-refractivity contribution in [3.05, 3.63) is 88.2 Å². The molecule has 0 atom stereocenters. The number of aromatic hydroxyl groups is 1. The predicted octanol–water partition coefficient (Wildman–Crippen LogP) is 5.70. The first-order valence-corrected chi connectivity index (χ1v) is 8.92. The molecule has 0 radical (unpaired) electrons. The minimum Gasteiger partial charge on any atom is -0.507 e. The molecule has 0 fully saturated rings. The third kappa shape index (κ3) is 3.86. The molecule has 0 heterocycles. The third-order valence-corrected chi connectivity index (χ3v) is 4.76. The number of nitrogens with zero attached hydrogens (tertiary/aromatic N) is 1. The molecule has 1 N–H and O–H groups in total. The summed E-state index contributed by atoms with van der Waals surface area (Å²) in [6.45, 7) is 2.00. The number of hydrogen-bond donors (Lipinski definition) is 1. The number of rotatable bonds is 5. The second-order valence-electron chi connectivity index (χ2n) is 6.52. The predicted molar refractivity (Wildman–Crippen MR) is 101 cm³/mol. The number of benzene rings is 3. The van der Waals surface area contributed by atoms with E-state index in [1.165, 1.54) is 12.1 Å². The van der Waals surface area contributed by atoms with E-state index in [1.807, 2.05) is 19.1 Å². The normalized spacial score (nSPS) is 10.7. The van der Waals surface area contributed by atoms with Gasteiger partial charge in [-0.3, -0.25) is 0 Å². The first kappa shape index (κ1) is 19.5. The molecule has 0 saturated carbocycles. The molecule has 142 valence electrons. The molecule has 3 rings (SSSR count). The Morgan fingerprint density at radius 3 is 2.18 bits per heavy atom. The van der Waals surface area contributed by atoms with Gasteiger partial charge in [0.1, 0.15) is 29.3 Å². The maximum absolute atomic E-state index is 15.0. The maximum Gasteiger partial charge on any atom is 0.141 e. The van der Waals surface area contributed by atoms with Crippen LogP contribution in [0.4, 0.5) is 13.2 Å². The molecule has 28 heavy (non-hydrogen) atoms. The number of hydrogen-bond acceptors (Lipinski definition) is 2. The fourth-order valence-electron chi connectivity index (χ4n) is 3.13. The highest BCUT2D eigenvalue weighted by molar-refractivity contribution is 5.72. The van der Waals surface area contributed by atoms with E-state index in [9.17, 15) is 13.9 Å². The van der Waals surface area contributed by atoms with E-state index in [2.05, 4.69) is 0 Å². The third-order valence-electron chi connectivity index (χ3n) is 4.76. The summed E-state index contributed by atoms with van der Waals surface area (Å²) in [5.74, 6) is -2.80. The van der Waals surface area contributed by atoms with Crippen molar-refractivity contribution >= 4 is 0 Å². The van der Waals surface area contributed by atoms with Gasteiger partial charge >= 0.3 is 0 Å². The summed E-state index contributed by atoms with van der Waals surface area (Å²) < 4.78 is 43.1. The summed E-state index contributed by atoms with van der Waals surface area (Å²) in [5, 5.41) is 18.9. The molecular weight excluding hydrogens is 363 g/mol. The monoisotopic (exact) mass is 381 g/mol. The first-order chi connectivity index (χ1) is 13.4. The number of aryl methyl sites for hydroxylation is 2. The van der Waals surface area contributed by atoms with Gasteiger partial charge < -0.3 is 5.11 Å². The molecule has 0 aliphatic rings. The molecule has 3 aromatic rings. The van der Waals surface area contributed by atoms with Crippen molar-refractivity contribution in [1.29, 1.82) is 5.26 Å². The van der Waals surface area contributed by atoms with Crippen LogP contribution in [-0.4, -0.2) is 5.11 Å². The van der Waals surface area contributed by atoms with E-state index in [0.717, 1.165) is 18.1 Å². The highest BCUT2D eigenvalue weighted by atomic mass is 19.1. The average molecular weight is 381 g/mol. The summed E-state index contributed by atoms with van der Waals surface area (Å²) >= 11 is 0. The zero-order valence-electron chi connectivity index (χ0n) is 15.3. The van der Waals surface area contributed by atoms with E-state index in [1.54, 1.807) is 24.3 Å². The summed E-state index contributed by atoms with van der Waals surface area (Å²) in [4.78, 5) is 0. The SMILES string of the molecule is CCc1ccc(-c2c(O)cc(F)c(CCc3ccc(C#N)c(F)c3)c2F)cc1. The van der Waals surface area contributed by atoms with Crippen LogP contribution in [0.2, 0.25) is 0 Å². The lowest BCUT2D eigenvalue weighted by Gasteiger charge is -2.13. The molecule has 5 heteroatoms. The van der Waals surface area contributed by atoms with Crippen molar-refractivity contribution in [3.63, 3.8) is 0 Å². The van der Waals surface area contributed by atoms with Crippen molar-refractivity contribution in [2.75, 3.05) is 0 Å². The Balaban J connectivity index is 1.93. The number of halogens is 3. The Morgan fingerprint density at radius 2 is 1.57 bits per heavy atom. The van der Waals surface area contributed by atoms with Gasteiger partial charge in [-0.25, -0.2) is 13.2 Å². The molecule has 0 spiro atoms. The molecule has 0 amide bonds. The van der Waals surface area contributed by atoms with Crippen molar-refractivity contribution in [2.24, 2.45) is 0 Å². The van der Waals surface area contributed by atoms with Crippen molar-refractivity contribution < 1.29 is 18.3 Å². The highest BCUT2D eigenvalue weighted by Crippen LogP contribution is 2.36. The Labute approximate surface area is 161 Å². The Morgan fingerprint density at radius 1 is 0.893 bits per heavy atom. The lowest BCUT2D eigenvalue weighted by atomic mass is 9.95. The molecule has 2 nitrogen and oxygen atoms in total. The topological polar surface area (TPSA) is 44.0 Å². The molecule has 0 unspecified atom stereocenters. The minimum atomic E-state index is -0.849. The van der Waals surface area contributed by atoms with Crippen LogP contribution in [0.5, 0.6) is 5.75 Å². The fourth-order valence-corrected chi connectivity index (χ4v) is 3.13. The van der Waals surface area contributed by atoms with Crippen LogP contribution in [0, 0.1) is 28.8 Å². The van der Waals surface area contributed by atoms with Crippen LogP contribution in [0.1, 0.15) is 29.2 Å². The van der Waals surface area contributed by atoms with Gasteiger partial charge in [0.05, 0.1) is 11.1 Å². The van der Waals surface area contributed by atoms with Crippen molar-refractivity contribution in [3.8, 4) is 22.9 Å². The molecule has 0 aliphatic carbocycles. The quantitative estimate of drug-likeness (QED) is 0.616. The van der Waals surface area contributed by atoms with Gasteiger partial charge in [0.25, 0.3) is 0 Å². The zero-order valence-corrected chi connectivity index (χ0v) is 15.3. The molecule has 0 saturated heterocycles. The van der Waals surface area contributed by atoms with E-state index < -0.39 is 23.2 Å². The summed E-state index contributed by atoms with van der Waals surface area (Å²) in [5.41, 5.74) is 1.75. The lowest BCUT2D eigenvalue weighted by Crippen LogP contribution is -2.02. The van der Waals surface area contributed by atoms with Crippen LogP contribution in [0.15, 0.2) is 48.5 Å². The largest absolute Gasteiger partial charge is 0.507 e. The van der Waals surface area contributed by atoms with Crippen molar-refractivity contribution in [1.82, 2.24) is 0 Å². The second-order valence-corrected chi connectivity index (χ2v) is 6.52. The second kappa shape index (κ2) is 8.18. The minimum absolute atomic E-state index is 0.0106. The average Bonchev–Trinajstić information content (AvgIpc) is 2.68. The van der Waals surface area contributed by atoms with Crippen molar-refractivity contribution in [2.45, 2.75) is 26.2 Å². The Hall–Kier alpha value is -3.26. The summed E-state index contributed by atoms with van der Waals surface area (Å²) in [6.07, 6.45) is 1.00. The Kier molecular flexibility index (Phi) is 5.70. The van der Waals surface area contributed by atoms with Gasteiger partial charge in [-0.15, -0.1) is 0 Å². The van der Waals surface area contributed by atoms with Gasteiger partial charge in [0.15, 0.2) is 0 Å². The first-order valence-electron chi connectivity index (χ1n) is 8.92. The zero-order chi connectivity index (χ0) is 20.3. The number of phenols is 1.